The number of nitrogen functional groups attached to an aromatic ring is 1. The van der Waals surface area contributed by atoms with Gasteiger partial charge >= 0.3 is 5.97 Å². The van der Waals surface area contributed by atoms with E-state index in [0.717, 1.165) is 11.1 Å². The Hall–Kier alpha value is -3.63. The number of thioether (sulfide) groups is 2. The average molecular weight is 579 g/mol. The van der Waals surface area contributed by atoms with E-state index in [-0.39, 0.29) is 22.8 Å². The lowest BCUT2D eigenvalue weighted by Gasteiger charge is -2.49. The Kier molecular flexibility index (Phi) is 8.53. The number of anilines is 1. The average Bonchev–Trinajstić information content (AvgIpc) is 3.35. The largest absolute Gasteiger partial charge is 0.450 e. The summed E-state index contributed by atoms with van der Waals surface area (Å²) in [6.45, 7) is 1.46. The third-order valence-electron chi connectivity index (χ3n) is 5.51. The van der Waals surface area contributed by atoms with Crippen LogP contribution in [0.25, 0.3) is 0 Å². The highest BCUT2D eigenvalue weighted by atomic mass is 32.2. The molecule has 0 bridgehead atoms. The molecule has 0 aromatic carbocycles. The molecule has 1 fully saturated rings. The Bertz CT molecular complexity index is 1300. The topological polar surface area (TPSA) is 160 Å². The highest BCUT2D eigenvalue weighted by Crippen LogP contribution is 2.47. The zero-order valence-corrected chi connectivity index (χ0v) is 22.9. The number of β-lactam (4-membered cyclic amide) rings is 1. The standard InChI is InChI=1S/C22H23N7O6S3/c1-12(30)27(2)28-6-4-13(5-7-28)37-11-35-21(33)15-8-16(14-10-36-22(23)25-14)38-20-18(19(32)29(15)20)26-17(31)9-24-34-3/h4-10,16,18,20H,11H2,1-3H3,(H2-,23,25,26,31)/p+1/b24-9-/t16?,18?,20-/m0/s1. The summed E-state index contributed by atoms with van der Waals surface area (Å²) in [4.78, 5) is 60.5. The first-order valence-electron chi connectivity index (χ1n) is 11.0. The predicted molar refractivity (Wildman–Crippen MR) is 141 cm³/mol. The van der Waals surface area contributed by atoms with Gasteiger partial charge in [-0.25, -0.2) is 9.78 Å². The van der Waals surface area contributed by atoms with Crippen molar-refractivity contribution in [3.63, 3.8) is 0 Å². The lowest BCUT2D eigenvalue weighted by molar-refractivity contribution is -0.680. The molecule has 38 heavy (non-hydrogen) atoms. The zero-order chi connectivity index (χ0) is 27.4. The van der Waals surface area contributed by atoms with Crippen molar-refractivity contribution in [2.24, 2.45) is 5.16 Å². The second-order valence-electron chi connectivity index (χ2n) is 7.87. The number of hydrogen-bond acceptors (Lipinski definition) is 12. The summed E-state index contributed by atoms with van der Waals surface area (Å²) in [5.41, 5.74) is 6.50. The van der Waals surface area contributed by atoms with Crippen LogP contribution >= 0.6 is 34.9 Å². The lowest BCUT2D eigenvalue weighted by Crippen LogP contribution is -2.70. The third-order valence-corrected chi connectivity index (χ3v) is 8.48. The fourth-order valence-corrected chi connectivity index (χ4v) is 6.29. The van der Waals surface area contributed by atoms with E-state index in [2.05, 4.69) is 20.3 Å². The van der Waals surface area contributed by atoms with Crippen LogP contribution in [0, 0.1) is 0 Å². The van der Waals surface area contributed by atoms with Crippen LogP contribution in [-0.4, -0.2) is 71.3 Å². The van der Waals surface area contributed by atoms with E-state index in [4.69, 9.17) is 10.5 Å². The molecule has 2 aliphatic heterocycles. The van der Waals surface area contributed by atoms with Crippen molar-refractivity contribution in [3.05, 3.63) is 47.4 Å². The van der Waals surface area contributed by atoms with Gasteiger partial charge in [0.25, 0.3) is 17.7 Å². The van der Waals surface area contributed by atoms with Crippen molar-refractivity contribution in [2.75, 3.05) is 30.8 Å². The number of aromatic nitrogens is 2. The minimum Gasteiger partial charge on any atom is -0.450 e. The smallest absolute Gasteiger partial charge is 0.355 e. The van der Waals surface area contributed by atoms with Gasteiger partial charge in [0.2, 0.25) is 12.4 Å². The first kappa shape index (κ1) is 27.4. The molecule has 0 radical (unpaired) electrons. The molecule has 1 saturated heterocycles. The van der Waals surface area contributed by atoms with Crippen molar-refractivity contribution in [2.45, 2.75) is 28.5 Å². The van der Waals surface area contributed by atoms with Crippen molar-refractivity contribution in [1.82, 2.24) is 15.2 Å². The maximum atomic E-state index is 13.1. The number of hydrogen-bond donors (Lipinski definition) is 2. The molecule has 3 amide bonds. The molecule has 16 heteroatoms. The summed E-state index contributed by atoms with van der Waals surface area (Å²) in [6.07, 6.45) is 5.97. The number of rotatable bonds is 9. The molecule has 2 aromatic rings. The molecule has 13 nitrogen and oxygen atoms in total. The van der Waals surface area contributed by atoms with E-state index in [1.54, 1.807) is 47.7 Å². The molecule has 3 N–H and O–H groups in total. The van der Waals surface area contributed by atoms with E-state index < -0.39 is 29.2 Å². The van der Waals surface area contributed by atoms with Gasteiger partial charge in [0, 0.05) is 29.3 Å². The number of carbonyl (C=O) groups is 4. The molecule has 0 spiro atoms. The maximum absolute atomic E-state index is 13.1. The Morgan fingerprint density at radius 2 is 2.11 bits per heavy atom. The van der Waals surface area contributed by atoms with E-state index in [9.17, 15) is 19.2 Å². The van der Waals surface area contributed by atoms with Gasteiger partial charge in [0.1, 0.15) is 36.4 Å². The van der Waals surface area contributed by atoms with Gasteiger partial charge in [-0.2, -0.15) is 0 Å². The van der Waals surface area contributed by atoms with Gasteiger partial charge in [-0.3, -0.25) is 19.3 Å². The second-order valence-corrected chi connectivity index (χ2v) is 11.0. The van der Waals surface area contributed by atoms with Crippen molar-refractivity contribution >= 4 is 69.9 Å². The Morgan fingerprint density at radius 1 is 1.37 bits per heavy atom. The first-order chi connectivity index (χ1) is 18.2. The van der Waals surface area contributed by atoms with Crippen molar-refractivity contribution < 1.29 is 33.4 Å². The van der Waals surface area contributed by atoms with Crippen LogP contribution < -0.4 is 20.7 Å². The number of ether oxygens (including phenoxy) is 1. The number of amides is 3. The summed E-state index contributed by atoms with van der Waals surface area (Å²) < 4.78 is 7.10. The number of carbonyl (C=O) groups excluding carboxylic acids is 4. The normalized spacial score (nSPS) is 20.3. The quantitative estimate of drug-likeness (QED) is 0.0810. The SMILES string of the molecule is CO/N=C\C(=O)NC1C(=O)N2C(C(=O)OCSc3cc[n+](N(C)C(C)=O)cc3)=CC(c3csc(N)n3)S[C@@H]12. The molecule has 3 atom stereocenters. The number of nitrogens with two attached hydrogens (primary N) is 1. The molecule has 4 heterocycles. The molecule has 200 valence electrons. The second kappa shape index (κ2) is 11.8. The minimum absolute atomic E-state index is 0.00939. The summed E-state index contributed by atoms with van der Waals surface area (Å²) in [7, 11) is 2.94. The number of oxime groups is 1. The number of nitrogens with one attached hydrogen (secondary N) is 1. The van der Waals surface area contributed by atoms with Crippen LogP contribution in [0.1, 0.15) is 17.9 Å². The maximum Gasteiger partial charge on any atom is 0.355 e. The van der Waals surface area contributed by atoms with Gasteiger partial charge in [-0.15, -0.1) is 28.1 Å². The van der Waals surface area contributed by atoms with E-state index in [0.29, 0.717) is 10.8 Å². The van der Waals surface area contributed by atoms with Crippen LogP contribution in [0.5, 0.6) is 0 Å². The monoisotopic (exact) mass is 578 g/mol. The van der Waals surface area contributed by atoms with E-state index in [1.807, 2.05) is 0 Å². The number of thiazole rings is 1. The van der Waals surface area contributed by atoms with E-state index >= 15 is 0 Å². The highest BCUT2D eigenvalue weighted by Gasteiger charge is 2.55. The summed E-state index contributed by atoms with van der Waals surface area (Å²) in [5.74, 6) is -1.86. The Balaban J connectivity index is 1.45. The minimum atomic E-state index is -0.871. The molecule has 2 aromatic heterocycles. The van der Waals surface area contributed by atoms with Crippen LogP contribution in [0.3, 0.4) is 0 Å². The Morgan fingerprint density at radius 3 is 2.74 bits per heavy atom. The number of fused-ring (bicyclic) bond motifs is 1. The summed E-state index contributed by atoms with van der Waals surface area (Å²) in [5, 5.41) is 8.64. The third kappa shape index (κ3) is 5.92. The fourth-order valence-electron chi connectivity index (χ4n) is 3.54. The van der Waals surface area contributed by atoms with E-state index in [1.165, 1.54) is 58.8 Å². The molecule has 4 rings (SSSR count). The number of nitrogens with zero attached hydrogens (tertiary/aromatic N) is 5. The summed E-state index contributed by atoms with van der Waals surface area (Å²) in [6, 6.07) is 2.70. The van der Waals surface area contributed by atoms with Gasteiger partial charge in [-0.05, 0) is 6.08 Å². The molecule has 2 unspecified atom stereocenters. The van der Waals surface area contributed by atoms with Gasteiger partial charge in [-0.1, -0.05) is 21.6 Å². The fraction of sp³-hybridized carbons (Fsp3) is 0.318. The van der Waals surface area contributed by atoms with Crippen LogP contribution in [0.4, 0.5) is 5.13 Å². The predicted octanol–water partition coefficient (Wildman–Crippen LogP) is 0.377. The molecular weight excluding hydrogens is 554 g/mol. The lowest BCUT2D eigenvalue weighted by atomic mass is 10.0. The van der Waals surface area contributed by atoms with Gasteiger partial charge in [0.15, 0.2) is 5.13 Å². The van der Waals surface area contributed by atoms with Crippen LogP contribution in [-0.2, 0) is 28.8 Å². The number of esters is 1. The summed E-state index contributed by atoms with van der Waals surface area (Å²) >= 11 is 3.89. The van der Waals surface area contributed by atoms with Crippen LogP contribution in [0.15, 0.2) is 51.7 Å². The molecule has 0 saturated carbocycles. The molecule has 2 aliphatic rings. The number of pyridine rings is 1. The Labute approximate surface area is 230 Å². The molecular formula is C22H24N7O6S3+. The zero-order valence-electron chi connectivity index (χ0n) is 20.5. The van der Waals surface area contributed by atoms with Crippen LogP contribution in [0.2, 0.25) is 0 Å². The van der Waals surface area contributed by atoms with Crippen molar-refractivity contribution in [1.29, 1.82) is 0 Å². The first-order valence-corrected chi connectivity index (χ1v) is 13.8. The van der Waals surface area contributed by atoms with Gasteiger partial charge < -0.3 is 20.6 Å². The molecule has 0 aliphatic carbocycles. The van der Waals surface area contributed by atoms with Crippen molar-refractivity contribution in [3.8, 4) is 0 Å². The van der Waals surface area contributed by atoms with Gasteiger partial charge in [0.05, 0.1) is 18.0 Å². The highest BCUT2D eigenvalue weighted by molar-refractivity contribution is 8.00.